The second kappa shape index (κ2) is 11.9. The fourth-order valence-corrected chi connectivity index (χ4v) is 3.87. The normalized spacial score (nSPS) is 20.7. The van der Waals surface area contributed by atoms with E-state index in [0.29, 0.717) is 18.5 Å². The Hall–Kier alpha value is -0.860. The quantitative estimate of drug-likeness (QED) is 0.291. The molecule has 0 aromatic heterocycles. The average Bonchev–Trinajstić information content (AvgIpc) is 2.92. The van der Waals surface area contributed by atoms with Gasteiger partial charge in [0, 0.05) is 38.8 Å². The molecule has 1 saturated heterocycles. The van der Waals surface area contributed by atoms with E-state index in [9.17, 15) is 0 Å². The van der Waals surface area contributed by atoms with Gasteiger partial charge in [0.25, 0.3) is 0 Å². The molecule has 152 valence electrons. The number of nitrogens with one attached hydrogen (secondary N) is 1. The van der Waals surface area contributed by atoms with Crippen LogP contribution >= 0.6 is 24.0 Å². The van der Waals surface area contributed by atoms with E-state index < -0.39 is 0 Å². The molecule has 0 spiro atoms. The zero-order valence-electron chi connectivity index (χ0n) is 16.7. The highest BCUT2D eigenvalue weighted by Gasteiger charge is 2.14. The van der Waals surface area contributed by atoms with E-state index in [1.165, 1.54) is 62.7 Å². The van der Waals surface area contributed by atoms with E-state index in [0.717, 1.165) is 19.6 Å². The van der Waals surface area contributed by atoms with Gasteiger partial charge in [-0.05, 0) is 31.0 Å². The number of benzene rings is 1. The molecule has 6 heteroatoms. The Morgan fingerprint density at radius 1 is 1.00 bits per heavy atom. The lowest BCUT2D eigenvalue weighted by Gasteiger charge is -2.32. The van der Waals surface area contributed by atoms with Gasteiger partial charge in [-0.1, -0.05) is 49.9 Å². The first-order valence-corrected chi connectivity index (χ1v) is 10.2. The van der Waals surface area contributed by atoms with Gasteiger partial charge in [0.15, 0.2) is 5.96 Å². The van der Waals surface area contributed by atoms with E-state index in [-0.39, 0.29) is 24.0 Å². The smallest absolute Gasteiger partial charge is 0.189 e. The van der Waals surface area contributed by atoms with Crippen molar-refractivity contribution in [1.82, 2.24) is 15.1 Å². The van der Waals surface area contributed by atoms with Crippen molar-refractivity contribution in [3.05, 3.63) is 35.4 Å². The second-order valence-corrected chi connectivity index (χ2v) is 7.93. The predicted octanol–water partition coefficient (Wildman–Crippen LogP) is 3.18. The molecule has 0 atom stereocenters. The number of guanidine groups is 1. The van der Waals surface area contributed by atoms with Gasteiger partial charge < -0.3 is 16.0 Å². The minimum absolute atomic E-state index is 0. The summed E-state index contributed by atoms with van der Waals surface area (Å²) in [6.07, 6.45) is 7.76. The molecular weight excluding hydrogens is 449 g/mol. The SMILES string of the molecule is CN1CCN(Cc2ccc(CN=C(N)NC3CCCCCC3)cc2)CC1.I. The van der Waals surface area contributed by atoms with E-state index in [4.69, 9.17) is 5.73 Å². The minimum Gasteiger partial charge on any atom is -0.370 e. The Balaban J connectivity index is 0.00000261. The van der Waals surface area contributed by atoms with Crippen molar-refractivity contribution < 1.29 is 0 Å². The number of piperazine rings is 1. The highest BCUT2D eigenvalue weighted by molar-refractivity contribution is 14.0. The van der Waals surface area contributed by atoms with Gasteiger partial charge >= 0.3 is 0 Å². The summed E-state index contributed by atoms with van der Waals surface area (Å²) in [4.78, 5) is 9.46. The van der Waals surface area contributed by atoms with Gasteiger partial charge in [-0.15, -0.1) is 24.0 Å². The molecule has 1 aliphatic carbocycles. The molecule has 3 N–H and O–H groups in total. The Morgan fingerprint density at radius 2 is 1.59 bits per heavy atom. The summed E-state index contributed by atoms with van der Waals surface area (Å²) in [5.74, 6) is 0.596. The Bertz CT molecular complexity index is 558. The van der Waals surface area contributed by atoms with Gasteiger partial charge in [-0.25, -0.2) is 4.99 Å². The zero-order valence-corrected chi connectivity index (χ0v) is 19.0. The van der Waals surface area contributed by atoms with E-state index in [1.807, 2.05) is 0 Å². The molecular formula is C21H36IN5. The number of nitrogens with zero attached hydrogens (tertiary/aromatic N) is 3. The molecule has 0 amide bonds. The van der Waals surface area contributed by atoms with Crippen molar-refractivity contribution in [2.75, 3.05) is 33.2 Å². The lowest BCUT2D eigenvalue weighted by molar-refractivity contribution is 0.148. The molecule has 1 saturated carbocycles. The zero-order chi connectivity index (χ0) is 18.2. The third-order valence-electron chi connectivity index (χ3n) is 5.66. The highest BCUT2D eigenvalue weighted by atomic mass is 127. The molecule has 2 aliphatic rings. The van der Waals surface area contributed by atoms with E-state index in [2.05, 4.69) is 51.4 Å². The standard InChI is InChI=1S/C21H35N5.HI/c1-25-12-14-26(15-13-25)17-19-10-8-18(9-11-19)16-23-21(22)24-20-6-4-2-3-5-7-20;/h8-11,20H,2-7,12-17H2,1H3,(H3,22,23,24);1H. The van der Waals surface area contributed by atoms with Crippen LogP contribution in [0.1, 0.15) is 49.7 Å². The maximum Gasteiger partial charge on any atom is 0.189 e. The highest BCUT2D eigenvalue weighted by Crippen LogP contribution is 2.17. The summed E-state index contributed by atoms with van der Waals surface area (Å²) in [7, 11) is 2.20. The fraction of sp³-hybridized carbons (Fsp3) is 0.667. The van der Waals surface area contributed by atoms with Gasteiger partial charge in [0.2, 0.25) is 0 Å². The summed E-state index contributed by atoms with van der Waals surface area (Å²) in [5, 5.41) is 3.42. The Kier molecular flexibility index (Phi) is 9.86. The molecule has 0 radical (unpaired) electrons. The molecule has 0 unspecified atom stereocenters. The van der Waals surface area contributed by atoms with E-state index in [1.54, 1.807) is 0 Å². The summed E-state index contributed by atoms with van der Waals surface area (Å²) in [5.41, 5.74) is 8.70. The third-order valence-corrected chi connectivity index (χ3v) is 5.66. The van der Waals surface area contributed by atoms with Crippen LogP contribution in [-0.4, -0.2) is 55.0 Å². The first-order valence-electron chi connectivity index (χ1n) is 10.2. The van der Waals surface area contributed by atoms with Crippen molar-refractivity contribution in [3.8, 4) is 0 Å². The first-order chi connectivity index (χ1) is 12.7. The van der Waals surface area contributed by atoms with Crippen LogP contribution < -0.4 is 11.1 Å². The lowest BCUT2D eigenvalue weighted by Crippen LogP contribution is -2.43. The van der Waals surface area contributed by atoms with Crippen molar-refractivity contribution in [1.29, 1.82) is 0 Å². The van der Waals surface area contributed by atoms with Gasteiger partial charge in [-0.2, -0.15) is 0 Å². The topological polar surface area (TPSA) is 56.9 Å². The van der Waals surface area contributed by atoms with Crippen molar-refractivity contribution in [2.24, 2.45) is 10.7 Å². The molecule has 27 heavy (non-hydrogen) atoms. The molecule has 5 nitrogen and oxygen atoms in total. The summed E-state index contributed by atoms with van der Waals surface area (Å²) >= 11 is 0. The first kappa shape index (κ1) is 22.4. The molecule has 1 aromatic carbocycles. The van der Waals surface area contributed by atoms with Crippen molar-refractivity contribution in [3.63, 3.8) is 0 Å². The Labute approximate surface area is 181 Å². The summed E-state index contributed by atoms with van der Waals surface area (Å²) < 4.78 is 0. The molecule has 1 aromatic rings. The molecule has 3 rings (SSSR count). The maximum atomic E-state index is 6.10. The van der Waals surface area contributed by atoms with Crippen molar-refractivity contribution in [2.45, 2.75) is 57.7 Å². The van der Waals surface area contributed by atoms with Crippen LogP contribution in [0.3, 0.4) is 0 Å². The number of likely N-dealkylation sites (N-methyl/N-ethyl adjacent to an activating group) is 1. The monoisotopic (exact) mass is 485 g/mol. The van der Waals surface area contributed by atoms with Crippen LogP contribution in [0.5, 0.6) is 0 Å². The van der Waals surface area contributed by atoms with Crippen LogP contribution in [0, 0.1) is 0 Å². The number of rotatable bonds is 5. The largest absolute Gasteiger partial charge is 0.370 e. The van der Waals surface area contributed by atoms with Gasteiger partial charge in [0.1, 0.15) is 0 Å². The van der Waals surface area contributed by atoms with Crippen molar-refractivity contribution >= 4 is 29.9 Å². The Morgan fingerprint density at radius 3 is 2.22 bits per heavy atom. The molecule has 2 fully saturated rings. The predicted molar refractivity (Wildman–Crippen MR) is 125 cm³/mol. The average molecular weight is 485 g/mol. The van der Waals surface area contributed by atoms with E-state index >= 15 is 0 Å². The van der Waals surface area contributed by atoms with Gasteiger partial charge in [-0.3, -0.25) is 4.90 Å². The number of halogens is 1. The van der Waals surface area contributed by atoms with Crippen LogP contribution in [0.15, 0.2) is 29.3 Å². The second-order valence-electron chi connectivity index (χ2n) is 7.93. The molecule has 0 bridgehead atoms. The lowest BCUT2D eigenvalue weighted by atomic mass is 10.1. The fourth-order valence-electron chi connectivity index (χ4n) is 3.87. The van der Waals surface area contributed by atoms with Crippen LogP contribution in [0.25, 0.3) is 0 Å². The number of aliphatic imine (C=N–C) groups is 1. The van der Waals surface area contributed by atoms with Crippen LogP contribution in [0.2, 0.25) is 0 Å². The number of hydrogen-bond acceptors (Lipinski definition) is 3. The molecule has 1 aliphatic heterocycles. The minimum atomic E-state index is 0. The molecule has 1 heterocycles. The van der Waals surface area contributed by atoms with Crippen LogP contribution in [0.4, 0.5) is 0 Å². The summed E-state index contributed by atoms with van der Waals surface area (Å²) in [6.45, 7) is 6.35. The third kappa shape index (κ3) is 7.95. The maximum absolute atomic E-state index is 6.10. The van der Waals surface area contributed by atoms with Crippen LogP contribution in [-0.2, 0) is 13.1 Å². The van der Waals surface area contributed by atoms with Gasteiger partial charge in [0.05, 0.1) is 6.54 Å². The summed E-state index contributed by atoms with van der Waals surface area (Å²) in [6, 6.07) is 9.35. The number of hydrogen-bond donors (Lipinski definition) is 2. The number of nitrogens with two attached hydrogens (primary N) is 1.